The standard InChI is InChI=1S/C23H25N3O6S/c1-3-10-26-20-15-18(6-9-21(20)32-16(2)23(26)28)24-22(27)17-4-7-19(8-5-17)33(29,30)25-11-13-31-14-12-25/h3-9,15-16H,1,10-14H2,2H3,(H,24,27). The molecule has 2 heterocycles. The Labute approximate surface area is 192 Å². The van der Waals surface area contributed by atoms with Crippen LogP contribution >= 0.6 is 0 Å². The van der Waals surface area contributed by atoms with Crippen molar-refractivity contribution < 1.29 is 27.5 Å². The van der Waals surface area contributed by atoms with Crippen LogP contribution in [0.1, 0.15) is 17.3 Å². The quantitative estimate of drug-likeness (QED) is 0.648. The first kappa shape index (κ1) is 23.0. The highest BCUT2D eigenvalue weighted by Crippen LogP contribution is 2.36. The number of morpholine rings is 1. The Morgan fingerprint density at radius 3 is 2.55 bits per heavy atom. The van der Waals surface area contributed by atoms with Gasteiger partial charge in [0.1, 0.15) is 5.75 Å². The van der Waals surface area contributed by atoms with Crippen LogP contribution in [0.3, 0.4) is 0 Å². The van der Waals surface area contributed by atoms with Crippen molar-refractivity contribution in [3.05, 3.63) is 60.7 Å². The Morgan fingerprint density at radius 1 is 1.18 bits per heavy atom. The molecular formula is C23H25N3O6S. The van der Waals surface area contributed by atoms with Gasteiger partial charge in [-0.2, -0.15) is 4.31 Å². The summed E-state index contributed by atoms with van der Waals surface area (Å²) in [4.78, 5) is 26.9. The van der Waals surface area contributed by atoms with E-state index in [1.807, 2.05) is 0 Å². The van der Waals surface area contributed by atoms with Gasteiger partial charge in [0.25, 0.3) is 11.8 Å². The van der Waals surface area contributed by atoms with Crippen LogP contribution in [0.2, 0.25) is 0 Å². The summed E-state index contributed by atoms with van der Waals surface area (Å²) in [6, 6.07) is 10.8. The fraction of sp³-hybridized carbons (Fsp3) is 0.304. The normalized spacial score (nSPS) is 18.9. The van der Waals surface area contributed by atoms with E-state index in [9.17, 15) is 18.0 Å². The molecule has 2 aromatic rings. The van der Waals surface area contributed by atoms with Gasteiger partial charge >= 0.3 is 0 Å². The molecule has 1 unspecified atom stereocenters. The Morgan fingerprint density at radius 2 is 1.88 bits per heavy atom. The number of fused-ring (bicyclic) bond motifs is 1. The number of carbonyl (C=O) groups is 2. The van der Waals surface area contributed by atoms with Gasteiger partial charge in [-0.1, -0.05) is 6.08 Å². The summed E-state index contributed by atoms with van der Waals surface area (Å²) in [6.07, 6.45) is 1.02. The summed E-state index contributed by atoms with van der Waals surface area (Å²) >= 11 is 0. The van der Waals surface area contributed by atoms with E-state index in [1.54, 1.807) is 36.1 Å². The van der Waals surface area contributed by atoms with E-state index in [0.717, 1.165) is 0 Å². The first-order valence-electron chi connectivity index (χ1n) is 10.5. The minimum absolute atomic E-state index is 0.125. The SMILES string of the molecule is C=CCN1C(=O)C(C)Oc2ccc(NC(=O)c3ccc(S(=O)(=O)N4CCOCC4)cc3)cc21. The van der Waals surface area contributed by atoms with E-state index in [-0.39, 0.29) is 10.8 Å². The minimum Gasteiger partial charge on any atom is -0.479 e. The molecule has 1 fully saturated rings. The topological polar surface area (TPSA) is 105 Å². The molecule has 2 aliphatic rings. The number of anilines is 2. The Bertz CT molecular complexity index is 1170. The van der Waals surface area contributed by atoms with Crippen LogP contribution in [-0.4, -0.2) is 63.5 Å². The fourth-order valence-electron chi connectivity index (χ4n) is 3.72. The molecule has 9 nitrogen and oxygen atoms in total. The lowest BCUT2D eigenvalue weighted by atomic mass is 10.1. The number of carbonyl (C=O) groups excluding carboxylic acids is 2. The molecule has 4 rings (SSSR count). The number of hydrogen-bond donors (Lipinski definition) is 1. The number of benzene rings is 2. The summed E-state index contributed by atoms with van der Waals surface area (Å²) in [6.45, 7) is 7.02. The zero-order valence-corrected chi connectivity index (χ0v) is 19.0. The lowest BCUT2D eigenvalue weighted by Gasteiger charge is -2.32. The lowest BCUT2D eigenvalue weighted by molar-refractivity contribution is -0.125. The molecule has 1 N–H and O–H groups in total. The van der Waals surface area contributed by atoms with Crippen molar-refractivity contribution in [2.45, 2.75) is 17.9 Å². The third kappa shape index (κ3) is 4.63. The molecule has 0 bridgehead atoms. The zero-order valence-electron chi connectivity index (χ0n) is 18.2. The molecule has 10 heteroatoms. The van der Waals surface area contributed by atoms with Crippen LogP contribution in [0, 0.1) is 0 Å². The van der Waals surface area contributed by atoms with Crippen molar-refractivity contribution in [3.8, 4) is 5.75 Å². The number of hydrogen-bond acceptors (Lipinski definition) is 6. The van der Waals surface area contributed by atoms with Crippen molar-refractivity contribution >= 4 is 33.2 Å². The number of ether oxygens (including phenoxy) is 2. The van der Waals surface area contributed by atoms with E-state index >= 15 is 0 Å². The second kappa shape index (κ2) is 9.34. The minimum atomic E-state index is -3.63. The highest BCUT2D eigenvalue weighted by Gasteiger charge is 2.31. The van der Waals surface area contributed by atoms with Gasteiger partial charge in [0, 0.05) is 30.9 Å². The van der Waals surface area contributed by atoms with Gasteiger partial charge in [0.05, 0.1) is 23.8 Å². The van der Waals surface area contributed by atoms with Gasteiger partial charge in [-0.05, 0) is 49.4 Å². The number of amides is 2. The number of nitrogens with one attached hydrogen (secondary N) is 1. The van der Waals surface area contributed by atoms with Gasteiger partial charge in [0.15, 0.2) is 6.10 Å². The Balaban J connectivity index is 1.51. The van der Waals surface area contributed by atoms with Crippen molar-refractivity contribution in [2.75, 3.05) is 43.1 Å². The van der Waals surface area contributed by atoms with Gasteiger partial charge in [0.2, 0.25) is 10.0 Å². The number of nitrogens with zero attached hydrogens (tertiary/aromatic N) is 2. The predicted molar refractivity (Wildman–Crippen MR) is 123 cm³/mol. The molecule has 2 aliphatic heterocycles. The first-order valence-corrected chi connectivity index (χ1v) is 12.0. The van der Waals surface area contributed by atoms with Gasteiger partial charge in [-0.3, -0.25) is 9.59 Å². The van der Waals surface area contributed by atoms with Crippen molar-refractivity contribution in [3.63, 3.8) is 0 Å². The average molecular weight is 472 g/mol. The molecule has 174 valence electrons. The van der Waals surface area contributed by atoms with Crippen molar-refractivity contribution in [1.29, 1.82) is 0 Å². The molecule has 1 saturated heterocycles. The molecule has 0 aromatic heterocycles. The lowest BCUT2D eigenvalue weighted by Crippen LogP contribution is -2.44. The van der Waals surface area contributed by atoms with Crippen LogP contribution < -0.4 is 15.0 Å². The zero-order chi connectivity index (χ0) is 23.6. The van der Waals surface area contributed by atoms with Gasteiger partial charge in [-0.25, -0.2) is 8.42 Å². The third-order valence-electron chi connectivity index (χ3n) is 5.46. The van der Waals surface area contributed by atoms with E-state index in [2.05, 4.69) is 11.9 Å². The van der Waals surface area contributed by atoms with Crippen LogP contribution in [0.15, 0.2) is 60.0 Å². The predicted octanol–water partition coefficient (Wildman–Crippen LogP) is 2.26. The second-order valence-corrected chi connectivity index (χ2v) is 9.61. The Hall–Kier alpha value is -3.21. The summed E-state index contributed by atoms with van der Waals surface area (Å²) in [5.41, 5.74) is 1.32. The Kier molecular flexibility index (Phi) is 6.50. The fourth-order valence-corrected chi connectivity index (χ4v) is 5.13. The number of sulfonamides is 1. The second-order valence-electron chi connectivity index (χ2n) is 7.68. The molecular weight excluding hydrogens is 446 g/mol. The maximum Gasteiger partial charge on any atom is 0.268 e. The van der Waals surface area contributed by atoms with Crippen LogP contribution in [-0.2, 0) is 19.6 Å². The molecule has 0 radical (unpaired) electrons. The van der Waals surface area contributed by atoms with E-state index in [0.29, 0.717) is 55.5 Å². The van der Waals surface area contributed by atoms with Gasteiger partial charge < -0.3 is 19.7 Å². The summed E-state index contributed by atoms with van der Waals surface area (Å²) < 4.78 is 37.7. The first-order chi connectivity index (χ1) is 15.8. The van der Waals surface area contributed by atoms with E-state index in [4.69, 9.17) is 9.47 Å². The molecule has 2 amide bonds. The molecule has 1 atom stereocenters. The van der Waals surface area contributed by atoms with Crippen molar-refractivity contribution in [2.24, 2.45) is 0 Å². The van der Waals surface area contributed by atoms with Crippen LogP contribution in [0.4, 0.5) is 11.4 Å². The summed E-state index contributed by atoms with van der Waals surface area (Å²) in [7, 11) is -3.63. The molecule has 0 saturated carbocycles. The monoisotopic (exact) mass is 471 g/mol. The molecule has 0 aliphatic carbocycles. The third-order valence-corrected chi connectivity index (χ3v) is 7.37. The smallest absolute Gasteiger partial charge is 0.268 e. The number of rotatable bonds is 6. The molecule has 2 aromatic carbocycles. The van der Waals surface area contributed by atoms with E-state index in [1.165, 1.54) is 28.6 Å². The highest BCUT2D eigenvalue weighted by molar-refractivity contribution is 7.89. The van der Waals surface area contributed by atoms with Crippen LogP contribution in [0.5, 0.6) is 5.75 Å². The maximum absolute atomic E-state index is 12.8. The maximum atomic E-state index is 12.8. The largest absolute Gasteiger partial charge is 0.479 e. The van der Waals surface area contributed by atoms with Crippen molar-refractivity contribution in [1.82, 2.24) is 4.31 Å². The summed E-state index contributed by atoms with van der Waals surface area (Å²) in [5.74, 6) is -0.0560. The van der Waals surface area contributed by atoms with Crippen LogP contribution in [0.25, 0.3) is 0 Å². The molecule has 33 heavy (non-hydrogen) atoms. The van der Waals surface area contributed by atoms with E-state index < -0.39 is 22.0 Å². The van der Waals surface area contributed by atoms with Gasteiger partial charge in [-0.15, -0.1) is 6.58 Å². The highest BCUT2D eigenvalue weighted by atomic mass is 32.2. The molecule has 0 spiro atoms. The average Bonchev–Trinajstić information content (AvgIpc) is 2.83. The summed E-state index contributed by atoms with van der Waals surface area (Å²) in [5, 5.41) is 2.78.